The van der Waals surface area contributed by atoms with Crippen LogP contribution < -0.4 is 4.18 Å². The van der Waals surface area contributed by atoms with Crippen LogP contribution in [0.4, 0.5) is 0 Å². The maximum Gasteiger partial charge on any atom is 0.312 e. The number of aryl methyl sites for hydroxylation is 1. The summed E-state index contributed by atoms with van der Waals surface area (Å²) in [7, 11) is -3.74. The van der Waals surface area contributed by atoms with Crippen molar-refractivity contribution in [3.05, 3.63) is 23.8 Å². The highest BCUT2D eigenvalue weighted by Gasteiger charge is 2.27. The van der Waals surface area contributed by atoms with Gasteiger partial charge in [-0.3, -0.25) is 0 Å². The van der Waals surface area contributed by atoms with E-state index in [1.165, 1.54) is 57.1 Å². The molecular weight excluding hydrogens is 360 g/mol. The van der Waals surface area contributed by atoms with Gasteiger partial charge in [0.1, 0.15) is 0 Å². The molecule has 1 aromatic rings. The number of phenols is 1. The van der Waals surface area contributed by atoms with Crippen LogP contribution in [0.5, 0.6) is 11.5 Å². The van der Waals surface area contributed by atoms with Crippen LogP contribution in [0.2, 0.25) is 0 Å². The minimum atomic E-state index is -3.74. The summed E-state index contributed by atoms with van der Waals surface area (Å²) < 4.78 is 30.6. The van der Waals surface area contributed by atoms with Gasteiger partial charge in [0.25, 0.3) is 0 Å². The normalized spacial score (nSPS) is 12.9. The Labute approximate surface area is 166 Å². The summed E-state index contributed by atoms with van der Waals surface area (Å²) in [6, 6.07) is 4.77. The van der Waals surface area contributed by atoms with E-state index in [9.17, 15) is 13.5 Å². The van der Waals surface area contributed by atoms with Crippen molar-refractivity contribution in [2.24, 2.45) is 0 Å². The second kappa shape index (κ2) is 13.0. The van der Waals surface area contributed by atoms with Gasteiger partial charge in [-0.2, -0.15) is 8.42 Å². The van der Waals surface area contributed by atoms with Crippen molar-refractivity contribution in [1.82, 2.24) is 0 Å². The molecule has 1 unspecified atom stereocenters. The van der Waals surface area contributed by atoms with E-state index in [1.807, 2.05) is 13.8 Å². The zero-order valence-electron chi connectivity index (χ0n) is 17.4. The first-order chi connectivity index (χ1) is 12.9. The van der Waals surface area contributed by atoms with E-state index in [4.69, 9.17) is 4.18 Å². The third-order valence-corrected chi connectivity index (χ3v) is 6.67. The van der Waals surface area contributed by atoms with Crippen molar-refractivity contribution >= 4 is 10.1 Å². The lowest BCUT2D eigenvalue weighted by Gasteiger charge is -2.18. The number of unbranched alkanes of at least 4 members (excludes halogenated alkanes) is 8. The maximum atomic E-state index is 12.7. The van der Waals surface area contributed by atoms with Crippen LogP contribution in [-0.4, -0.2) is 18.8 Å². The lowest BCUT2D eigenvalue weighted by molar-refractivity contribution is 0.416. The van der Waals surface area contributed by atoms with Crippen LogP contribution in [0.1, 0.15) is 96.5 Å². The van der Waals surface area contributed by atoms with E-state index in [0.717, 1.165) is 24.8 Å². The maximum absolute atomic E-state index is 12.7. The monoisotopic (exact) mass is 398 g/mol. The third-order valence-electron chi connectivity index (χ3n) is 4.97. The van der Waals surface area contributed by atoms with Gasteiger partial charge in [-0.15, -0.1) is 0 Å². The van der Waals surface area contributed by atoms with Crippen LogP contribution in [-0.2, 0) is 10.1 Å². The molecule has 0 saturated heterocycles. The molecule has 4 nitrogen and oxygen atoms in total. The second-order valence-electron chi connectivity index (χ2n) is 7.58. The van der Waals surface area contributed by atoms with E-state index in [-0.39, 0.29) is 11.5 Å². The molecule has 0 spiro atoms. The zero-order valence-corrected chi connectivity index (χ0v) is 18.2. The Hall–Kier alpha value is -1.23. The molecule has 27 heavy (non-hydrogen) atoms. The smallest absolute Gasteiger partial charge is 0.312 e. The van der Waals surface area contributed by atoms with Crippen LogP contribution in [0.15, 0.2) is 18.2 Å². The number of hydrogen-bond donors (Lipinski definition) is 1. The lowest BCUT2D eigenvalue weighted by Crippen LogP contribution is -2.26. The van der Waals surface area contributed by atoms with Gasteiger partial charge < -0.3 is 9.29 Å². The van der Waals surface area contributed by atoms with Gasteiger partial charge in [-0.25, -0.2) is 0 Å². The Bertz CT molecular complexity index is 625. The van der Waals surface area contributed by atoms with E-state index in [0.29, 0.717) is 12.8 Å². The molecule has 0 bridgehead atoms. The van der Waals surface area contributed by atoms with Crippen molar-refractivity contribution in [3.63, 3.8) is 0 Å². The Morgan fingerprint density at radius 3 is 2.04 bits per heavy atom. The fraction of sp³-hybridized carbons (Fsp3) is 0.727. The predicted octanol–water partition coefficient (Wildman–Crippen LogP) is 6.50. The highest BCUT2D eigenvalue weighted by Crippen LogP contribution is 2.30. The van der Waals surface area contributed by atoms with Crippen LogP contribution in [0, 0.1) is 6.92 Å². The standard InChI is InChI=1S/C22H38O4S/c1-4-6-7-8-9-10-11-12-13-15-20(14-5-2)27(24,25)26-22-17-16-19(3)18-21(22)23/h16-18,20,23H,4-15H2,1-3H3. The first-order valence-corrected chi connectivity index (χ1v) is 12.1. The Balaban J connectivity index is 2.44. The summed E-state index contributed by atoms with van der Waals surface area (Å²) in [4.78, 5) is 0. The molecule has 156 valence electrons. The molecule has 0 fully saturated rings. The molecule has 0 aliphatic heterocycles. The Kier molecular flexibility index (Phi) is 11.5. The molecule has 0 saturated carbocycles. The van der Waals surface area contributed by atoms with E-state index in [2.05, 4.69) is 6.92 Å². The first-order valence-electron chi connectivity index (χ1n) is 10.6. The highest BCUT2D eigenvalue weighted by atomic mass is 32.2. The predicted molar refractivity (Wildman–Crippen MR) is 113 cm³/mol. The van der Waals surface area contributed by atoms with Gasteiger partial charge in [0.15, 0.2) is 11.5 Å². The number of benzene rings is 1. The molecular formula is C22H38O4S. The van der Waals surface area contributed by atoms with Crippen molar-refractivity contribution in [2.75, 3.05) is 0 Å². The zero-order chi connectivity index (χ0) is 20.1. The van der Waals surface area contributed by atoms with Crippen molar-refractivity contribution in [1.29, 1.82) is 0 Å². The quantitative estimate of drug-likeness (QED) is 0.270. The molecule has 0 heterocycles. The van der Waals surface area contributed by atoms with Gasteiger partial charge >= 0.3 is 10.1 Å². The molecule has 0 amide bonds. The highest BCUT2D eigenvalue weighted by molar-refractivity contribution is 7.87. The third kappa shape index (κ3) is 9.50. The molecule has 0 aliphatic carbocycles. The summed E-state index contributed by atoms with van der Waals surface area (Å²) in [5.41, 5.74) is 0.858. The molecule has 1 aromatic carbocycles. The van der Waals surface area contributed by atoms with Gasteiger partial charge in [0.2, 0.25) is 0 Å². The summed E-state index contributed by atoms with van der Waals surface area (Å²) >= 11 is 0. The SMILES string of the molecule is CCCCCCCCCCCC(CCC)S(=O)(=O)Oc1ccc(C)cc1O. The van der Waals surface area contributed by atoms with Crippen LogP contribution in [0.3, 0.4) is 0 Å². The molecule has 0 aliphatic rings. The lowest BCUT2D eigenvalue weighted by atomic mass is 10.0. The van der Waals surface area contributed by atoms with E-state index in [1.54, 1.807) is 6.07 Å². The van der Waals surface area contributed by atoms with Crippen LogP contribution >= 0.6 is 0 Å². The Morgan fingerprint density at radius 1 is 0.889 bits per heavy atom. The molecule has 0 radical (unpaired) electrons. The average Bonchev–Trinajstić information content (AvgIpc) is 2.61. The number of aromatic hydroxyl groups is 1. The van der Waals surface area contributed by atoms with Gasteiger partial charge in [-0.1, -0.05) is 84.1 Å². The fourth-order valence-electron chi connectivity index (χ4n) is 3.33. The summed E-state index contributed by atoms with van der Waals surface area (Å²) in [5, 5.41) is 9.42. The van der Waals surface area contributed by atoms with Gasteiger partial charge in [0, 0.05) is 0 Å². The van der Waals surface area contributed by atoms with E-state index >= 15 is 0 Å². The second-order valence-corrected chi connectivity index (χ2v) is 9.39. The van der Waals surface area contributed by atoms with E-state index < -0.39 is 15.4 Å². The molecule has 0 aromatic heterocycles. The number of phenolic OH excluding ortho intramolecular Hbond substituents is 1. The van der Waals surface area contributed by atoms with Gasteiger partial charge in [-0.05, 0) is 37.5 Å². The molecule has 1 N–H and O–H groups in total. The minimum absolute atomic E-state index is 0.0220. The van der Waals surface area contributed by atoms with Gasteiger partial charge in [0.05, 0.1) is 5.25 Å². The topological polar surface area (TPSA) is 63.6 Å². The summed E-state index contributed by atoms with van der Waals surface area (Å²) in [6.07, 6.45) is 12.9. The minimum Gasteiger partial charge on any atom is -0.504 e. The molecule has 1 rings (SSSR count). The molecule has 5 heteroatoms. The van der Waals surface area contributed by atoms with Crippen molar-refractivity contribution in [3.8, 4) is 11.5 Å². The number of hydrogen-bond acceptors (Lipinski definition) is 4. The first kappa shape index (κ1) is 23.8. The fourth-order valence-corrected chi connectivity index (χ4v) is 4.84. The largest absolute Gasteiger partial charge is 0.504 e. The summed E-state index contributed by atoms with van der Waals surface area (Å²) in [5.74, 6) is -0.106. The number of rotatable bonds is 15. The Morgan fingerprint density at radius 2 is 1.48 bits per heavy atom. The van der Waals surface area contributed by atoms with Crippen molar-refractivity contribution in [2.45, 2.75) is 103 Å². The molecule has 1 atom stereocenters. The average molecular weight is 399 g/mol. The summed E-state index contributed by atoms with van der Waals surface area (Å²) in [6.45, 7) is 6.05. The van der Waals surface area contributed by atoms with Crippen LogP contribution in [0.25, 0.3) is 0 Å². The van der Waals surface area contributed by atoms with Crippen molar-refractivity contribution < 1.29 is 17.7 Å².